The van der Waals surface area contributed by atoms with Crippen molar-refractivity contribution in [2.75, 3.05) is 0 Å². The number of aryl methyl sites for hydroxylation is 1. The smallest absolute Gasteiger partial charge is 0.287 e. The Morgan fingerprint density at radius 1 is 1.24 bits per heavy atom. The van der Waals surface area contributed by atoms with E-state index in [1.165, 1.54) is 28.4 Å². The van der Waals surface area contributed by atoms with Gasteiger partial charge in [-0.25, -0.2) is 0 Å². The molecule has 2 heterocycles. The number of carbonyl (C=O) groups excluding carboxylic acids is 1. The number of amides is 1. The molecule has 1 amide bonds. The molecule has 4 rings (SSSR count). The van der Waals surface area contributed by atoms with E-state index in [1.54, 1.807) is 12.1 Å². The maximum Gasteiger partial charge on any atom is 0.287 e. The standard InChI is InChI=1S/C17H16N2O2/c20-17(16-6-3-9-21-16)18-11-7-8-15-13(10-11)12-4-1-2-5-14(12)19-15/h1-6,9,11,19H,7-8,10H2,(H,18,20). The second-order valence-electron chi connectivity index (χ2n) is 5.52. The van der Waals surface area contributed by atoms with E-state index in [0.29, 0.717) is 5.76 Å². The van der Waals surface area contributed by atoms with Gasteiger partial charge in [-0.1, -0.05) is 18.2 Å². The molecule has 0 spiro atoms. The number of carbonyl (C=O) groups is 1. The van der Waals surface area contributed by atoms with Crippen LogP contribution in [0, 0.1) is 0 Å². The highest BCUT2D eigenvalue weighted by Gasteiger charge is 2.24. The van der Waals surface area contributed by atoms with E-state index in [9.17, 15) is 4.79 Å². The van der Waals surface area contributed by atoms with Gasteiger partial charge in [0.15, 0.2) is 5.76 Å². The molecule has 0 bridgehead atoms. The van der Waals surface area contributed by atoms with Crippen LogP contribution in [0.2, 0.25) is 0 Å². The largest absolute Gasteiger partial charge is 0.459 e. The first-order valence-electron chi connectivity index (χ1n) is 7.24. The summed E-state index contributed by atoms with van der Waals surface area (Å²) >= 11 is 0. The van der Waals surface area contributed by atoms with Crippen LogP contribution in [-0.2, 0) is 12.8 Å². The van der Waals surface area contributed by atoms with Gasteiger partial charge in [0.2, 0.25) is 0 Å². The summed E-state index contributed by atoms with van der Waals surface area (Å²) in [4.78, 5) is 15.6. The van der Waals surface area contributed by atoms with Gasteiger partial charge in [-0.3, -0.25) is 4.79 Å². The molecule has 0 saturated carbocycles. The summed E-state index contributed by atoms with van der Waals surface area (Å²) in [6.45, 7) is 0. The van der Waals surface area contributed by atoms with Gasteiger partial charge >= 0.3 is 0 Å². The summed E-state index contributed by atoms with van der Waals surface area (Å²) in [5.74, 6) is 0.244. The molecular weight excluding hydrogens is 264 g/mol. The van der Waals surface area contributed by atoms with E-state index in [-0.39, 0.29) is 11.9 Å². The van der Waals surface area contributed by atoms with E-state index in [0.717, 1.165) is 19.3 Å². The van der Waals surface area contributed by atoms with E-state index >= 15 is 0 Å². The van der Waals surface area contributed by atoms with Crippen molar-refractivity contribution in [1.82, 2.24) is 10.3 Å². The number of aromatic amines is 1. The van der Waals surface area contributed by atoms with Crippen molar-refractivity contribution in [2.24, 2.45) is 0 Å². The number of rotatable bonds is 2. The zero-order chi connectivity index (χ0) is 14.2. The molecule has 2 N–H and O–H groups in total. The minimum absolute atomic E-state index is 0.131. The van der Waals surface area contributed by atoms with Crippen molar-refractivity contribution in [3.05, 3.63) is 59.7 Å². The Hall–Kier alpha value is -2.49. The number of hydrogen-bond donors (Lipinski definition) is 2. The third kappa shape index (κ3) is 2.13. The molecule has 106 valence electrons. The minimum Gasteiger partial charge on any atom is -0.459 e. The molecule has 1 aliphatic carbocycles. The highest BCUT2D eigenvalue weighted by Crippen LogP contribution is 2.29. The average Bonchev–Trinajstić information content (AvgIpc) is 3.14. The van der Waals surface area contributed by atoms with Crippen molar-refractivity contribution >= 4 is 16.8 Å². The van der Waals surface area contributed by atoms with Crippen molar-refractivity contribution < 1.29 is 9.21 Å². The highest BCUT2D eigenvalue weighted by atomic mass is 16.3. The minimum atomic E-state index is -0.131. The second kappa shape index (κ2) is 4.81. The maximum absolute atomic E-state index is 12.1. The molecular formula is C17H16N2O2. The number of aromatic nitrogens is 1. The summed E-state index contributed by atoms with van der Waals surface area (Å²) in [7, 11) is 0. The Balaban J connectivity index is 1.57. The normalized spacial score (nSPS) is 17.6. The Bertz CT molecular complexity index is 786. The fraction of sp³-hybridized carbons (Fsp3) is 0.235. The van der Waals surface area contributed by atoms with Gasteiger partial charge in [-0.15, -0.1) is 0 Å². The SMILES string of the molecule is O=C(NC1CCc2[nH]c3ccccc3c2C1)c1ccco1. The number of furan rings is 1. The van der Waals surface area contributed by atoms with Gasteiger partial charge < -0.3 is 14.7 Å². The molecule has 4 nitrogen and oxygen atoms in total. The lowest BCUT2D eigenvalue weighted by Crippen LogP contribution is -2.38. The fourth-order valence-electron chi connectivity index (χ4n) is 3.16. The van der Waals surface area contributed by atoms with Crippen molar-refractivity contribution in [3.8, 4) is 0 Å². The fourth-order valence-corrected chi connectivity index (χ4v) is 3.16. The van der Waals surface area contributed by atoms with E-state index in [4.69, 9.17) is 4.42 Å². The molecule has 1 aromatic carbocycles. The summed E-state index contributed by atoms with van der Waals surface area (Å²) in [5.41, 5.74) is 3.82. The predicted octanol–water partition coefficient (Wildman–Crippen LogP) is 3.05. The quantitative estimate of drug-likeness (QED) is 0.758. The van der Waals surface area contributed by atoms with Gasteiger partial charge in [0.25, 0.3) is 5.91 Å². The topological polar surface area (TPSA) is 58.0 Å². The Labute approximate surface area is 122 Å². The van der Waals surface area contributed by atoms with Crippen LogP contribution in [-0.4, -0.2) is 16.9 Å². The lowest BCUT2D eigenvalue weighted by molar-refractivity contribution is 0.0905. The average molecular weight is 280 g/mol. The van der Waals surface area contributed by atoms with Gasteiger partial charge in [-0.2, -0.15) is 0 Å². The molecule has 3 aromatic rings. The van der Waals surface area contributed by atoms with E-state index in [1.807, 2.05) is 6.07 Å². The predicted molar refractivity (Wildman–Crippen MR) is 80.3 cm³/mol. The summed E-state index contributed by atoms with van der Waals surface area (Å²) in [6.07, 6.45) is 4.30. The monoisotopic (exact) mass is 280 g/mol. The van der Waals surface area contributed by atoms with Crippen LogP contribution in [0.4, 0.5) is 0 Å². The maximum atomic E-state index is 12.1. The molecule has 1 atom stereocenters. The molecule has 0 saturated heterocycles. The molecule has 21 heavy (non-hydrogen) atoms. The van der Waals surface area contributed by atoms with Crippen LogP contribution in [0.25, 0.3) is 10.9 Å². The number of hydrogen-bond acceptors (Lipinski definition) is 2. The van der Waals surface area contributed by atoms with Gasteiger partial charge in [-0.05, 0) is 43.0 Å². The number of H-pyrrole nitrogens is 1. The summed E-state index contributed by atoms with van der Waals surface area (Å²) < 4.78 is 5.14. The zero-order valence-electron chi connectivity index (χ0n) is 11.6. The molecule has 1 aliphatic rings. The lowest BCUT2D eigenvalue weighted by Gasteiger charge is -2.23. The number of para-hydroxylation sites is 1. The van der Waals surface area contributed by atoms with Crippen LogP contribution < -0.4 is 5.32 Å². The molecule has 0 fully saturated rings. The highest BCUT2D eigenvalue weighted by molar-refractivity contribution is 5.91. The summed E-state index contributed by atoms with van der Waals surface area (Å²) in [6, 6.07) is 11.9. The van der Waals surface area contributed by atoms with Crippen LogP contribution in [0.5, 0.6) is 0 Å². The van der Waals surface area contributed by atoms with E-state index in [2.05, 4.69) is 28.5 Å². The molecule has 0 aliphatic heterocycles. The Morgan fingerprint density at radius 3 is 3.00 bits per heavy atom. The number of benzene rings is 1. The molecule has 4 heteroatoms. The number of fused-ring (bicyclic) bond motifs is 3. The lowest BCUT2D eigenvalue weighted by atomic mass is 9.91. The molecule has 1 unspecified atom stereocenters. The van der Waals surface area contributed by atoms with Crippen LogP contribution in [0.3, 0.4) is 0 Å². The van der Waals surface area contributed by atoms with Crippen LogP contribution in [0.15, 0.2) is 47.1 Å². The third-order valence-electron chi connectivity index (χ3n) is 4.18. The van der Waals surface area contributed by atoms with E-state index < -0.39 is 0 Å². The van der Waals surface area contributed by atoms with Crippen molar-refractivity contribution in [3.63, 3.8) is 0 Å². The molecule has 0 radical (unpaired) electrons. The van der Waals surface area contributed by atoms with Crippen molar-refractivity contribution in [1.29, 1.82) is 0 Å². The third-order valence-corrected chi connectivity index (χ3v) is 4.18. The number of nitrogens with one attached hydrogen (secondary N) is 2. The summed E-state index contributed by atoms with van der Waals surface area (Å²) in [5, 5.41) is 4.34. The Kier molecular flexibility index (Phi) is 2.81. The zero-order valence-corrected chi connectivity index (χ0v) is 11.6. The Morgan fingerprint density at radius 2 is 2.14 bits per heavy atom. The first-order chi connectivity index (χ1) is 10.3. The van der Waals surface area contributed by atoms with Gasteiger partial charge in [0.1, 0.15) is 0 Å². The van der Waals surface area contributed by atoms with Gasteiger partial charge in [0.05, 0.1) is 6.26 Å². The first-order valence-corrected chi connectivity index (χ1v) is 7.24. The second-order valence-corrected chi connectivity index (χ2v) is 5.52. The van der Waals surface area contributed by atoms with Crippen LogP contribution in [0.1, 0.15) is 28.2 Å². The van der Waals surface area contributed by atoms with Crippen molar-refractivity contribution in [2.45, 2.75) is 25.3 Å². The van der Waals surface area contributed by atoms with Crippen LogP contribution >= 0.6 is 0 Å². The molecule has 2 aromatic heterocycles. The first kappa shape index (κ1) is 12.3. The van der Waals surface area contributed by atoms with Gasteiger partial charge in [0, 0.05) is 22.6 Å².